The molecule has 0 heterocycles. The third kappa shape index (κ3) is 2.05. The van der Waals surface area contributed by atoms with Crippen molar-refractivity contribution in [2.24, 2.45) is 5.73 Å². The van der Waals surface area contributed by atoms with Gasteiger partial charge >= 0.3 is 0 Å². The van der Waals surface area contributed by atoms with E-state index in [4.69, 9.17) is 10.8 Å². The minimum atomic E-state index is -1.01. The average Bonchev–Trinajstić information content (AvgIpc) is 2.18. The minimum absolute atomic E-state index is 0.251. The highest BCUT2D eigenvalue weighted by atomic mass is 32.2. The van der Waals surface area contributed by atoms with Gasteiger partial charge in [0.05, 0.1) is 12.6 Å². The van der Waals surface area contributed by atoms with Gasteiger partial charge < -0.3 is 10.8 Å². The highest BCUT2D eigenvalue weighted by molar-refractivity contribution is 7.98. The van der Waals surface area contributed by atoms with E-state index in [1.807, 2.05) is 0 Å². The zero-order valence-corrected chi connectivity index (χ0v) is 8.44. The van der Waals surface area contributed by atoms with E-state index in [0.29, 0.717) is 4.90 Å². The van der Waals surface area contributed by atoms with Crippen molar-refractivity contribution >= 4 is 11.8 Å². The summed E-state index contributed by atoms with van der Waals surface area (Å²) in [4.78, 5) is 0.324. The zero-order valence-electron chi connectivity index (χ0n) is 7.63. The molecule has 0 aliphatic carbocycles. The van der Waals surface area contributed by atoms with Crippen LogP contribution in [0, 0.1) is 11.6 Å². The Bertz CT molecular complexity index is 333. The second-order valence-corrected chi connectivity index (χ2v) is 3.61. The summed E-state index contributed by atoms with van der Waals surface area (Å²) in [5, 5.41) is 8.74. The number of thioether (sulfide) groups is 1. The van der Waals surface area contributed by atoms with E-state index in [1.165, 1.54) is 17.8 Å². The first kappa shape index (κ1) is 11.4. The molecule has 78 valence electrons. The van der Waals surface area contributed by atoms with E-state index < -0.39 is 24.3 Å². The maximum Gasteiger partial charge on any atom is 0.144 e. The first-order valence-corrected chi connectivity index (χ1v) is 5.22. The smallest absolute Gasteiger partial charge is 0.144 e. The Morgan fingerprint density at radius 1 is 1.50 bits per heavy atom. The van der Waals surface area contributed by atoms with Gasteiger partial charge in [0, 0.05) is 10.5 Å². The fourth-order valence-electron chi connectivity index (χ4n) is 1.14. The summed E-state index contributed by atoms with van der Waals surface area (Å²) in [5.74, 6) is -1.40. The minimum Gasteiger partial charge on any atom is -0.394 e. The molecule has 1 atom stereocenters. The Morgan fingerprint density at radius 3 is 2.64 bits per heavy atom. The Morgan fingerprint density at radius 2 is 2.14 bits per heavy atom. The Hall–Kier alpha value is -0.650. The molecule has 2 nitrogen and oxygen atoms in total. The van der Waals surface area contributed by atoms with Crippen LogP contribution in [0.25, 0.3) is 0 Å². The van der Waals surface area contributed by atoms with Crippen molar-refractivity contribution in [3.05, 3.63) is 29.3 Å². The molecule has 0 aromatic heterocycles. The topological polar surface area (TPSA) is 46.2 Å². The number of halogens is 2. The lowest BCUT2D eigenvalue weighted by Crippen LogP contribution is -2.18. The largest absolute Gasteiger partial charge is 0.394 e. The molecule has 3 N–H and O–H groups in total. The van der Waals surface area contributed by atoms with Gasteiger partial charge in [-0.3, -0.25) is 0 Å². The zero-order chi connectivity index (χ0) is 10.7. The lowest BCUT2D eigenvalue weighted by molar-refractivity contribution is 0.261. The van der Waals surface area contributed by atoms with Crippen molar-refractivity contribution in [2.45, 2.75) is 10.9 Å². The van der Waals surface area contributed by atoms with Crippen LogP contribution in [0.15, 0.2) is 17.0 Å². The Kier molecular flexibility index (Phi) is 3.86. The molecule has 0 saturated carbocycles. The summed E-state index contributed by atoms with van der Waals surface area (Å²) in [5.41, 5.74) is 5.13. The predicted molar refractivity (Wildman–Crippen MR) is 52.2 cm³/mol. The van der Waals surface area contributed by atoms with Crippen molar-refractivity contribution in [2.75, 3.05) is 12.9 Å². The van der Waals surface area contributed by atoms with Crippen molar-refractivity contribution < 1.29 is 13.9 Å². The van der Waals surface area contributed by atoms with Crippen LogP contribution in [-0.2, 0) is 0 Å². The van der Waals surface area contributed by atoms with E-state index in [2.05, 4.69) is 0 Å². The third-order valence-electron chi connectivity index (χ3n) is 1.88. The Labute approximate surface area is 85.1 Å². The number of hydrogen-bond acceptors (Lipinski definition) is 3. The molecule has 0 spiro atoms. The molecule has 0 bridgehead atoms. The second kappa shape index (κ2) is 4.72. The number of aliphatic hydroxyl groups excluding tert-OH is 1. The van der Waals surface area contributed by atoms with E-state index >= 15 is 0 Å². The SMILES string of the molecule is CSc1ccc(F)c(C(N)CO)c1F. The van der Waals surface area contributed by atoms with E-state index in [1.54, 1.807) is 6.26 Å². The highest BCUT2D eigenvalue weighted by Crippen LogP contribution is 2.27. The molecule has 1 aromatic carbocycles. The molecule has 1 rings (SSSR count). The van der Waals surface area contributed by atoms with Crippen LogP contribution in [0.5, 0.6) is 0 Å². The molecule has 0 aliphatic rings. The van der Waals surface area contributed by atoms with Gasteiger partial charge in [-0.25, -0.2) is 8.78 Å². The number of aliphatic hydroxyl groups is 1. The Balaban J connectivity index is 3.25. The molecule has 0 fully saturated rings. The number of nitrogens with two attached hydrogens (primary N) is 1. The highest BCUT2D eigenvalue weighted by Gasteiger charge is 2.18. The van der Waals surface area contributed by atoms with Gasteiger partial charge in [0.25, 0.3) is 0 Å². The van der Waals surface area contributed by atoms with Gasteiger partial charge in [-0.15, -0.1) is 11.8 Å². The van der Waals surface area contributed by atoms with Crippen molar-refractivity contribution in [3.8, 4) is 0 Å². The molecule has 1 aromatic rings. The van der Waals surface area contributed by atoms with E-state index in [-0.39, 0.29) is 5.56 Å². The van der Waals surface area contributed by atoms with Crippen molar-refractivity contribution in [3.63, 3.8) is 0 Å². The second-order valence-electron chi connectivity index (χ2n) is 2.77. The summed E-state index contributed by atoms with van der Waals surface area (Å²) in [6.07, 6.45) is 1.69. The fourth-order valence-corrected chi connectivity index (χ4v) is 1.63. The summed E-state index contributed by atoms with van der Waals surface area (Å²) < 4.78 is 26.7. The lowest BCUT2D eigenvalue weighted by atomic mass is 10.1. The van der Waals surface area contributed by atoms with Crippen LogP contribution < -0.4 is 5.73 Å². The summed E-state index contributed by atoms with van der Waals surface area (Å²) in [7, 11) is 0. The van der Waals surface area contributed by atoms with Crippen LogP contribution in [0.1, 0.15) is 11.6 Å². The van der Waals surface area contributed by atoms with Gasteiger partial charge in [-0.05, 0) is 18.4 Å². The molecule has 14 heavy (non-hydrogen) atoms. The summed E-state index contributed by atoms with van der Waals surface area (Å²) >= 11 is 1.17. The van der Waals surface area contributed by atoms with E-state index in [9.17, 15) is 8.78 Å². The van der Waals surface area contributed by atoms with Crippen LogP contribution in [0.3, 0.4) is 0 Å². The first-order valence-electron chi connectivity index (χ1n) is 4.00. The number of rotatable bonds is 3. The molecule has 1 unspecified atom stereocenters. The van der Waals surface area contributed by atoms with Gasteiger partial charge in [0.1, 0.15) is 11.6 Å². The predicted octanol–water partition coefficient (Wildman–Crippen LogP) is 1.68. The van der Waals surface area contributed by atoms with Crippen LogP contribution in [-0.4, -0.2) is 18.0 Å². The normalized spacial score (nSPS) is 12.9. The number of benzene rings is 1. The van der Waals surface area contributed by atoms with Crippen molar-refractivity contribution in [1.82, 2.24) is 0 Å². The maximum absolute atomic E-state index is 13.5. The van der Waals surface area contributed by atoms with E-state index in [0.717, 1.165) is 6.07 Å². The van der Waals surface area contributed by atoms with Crippen LogP contribution >= 0.6 is 11.8 Å². The van der Waals surface area contributed by atoms with Gasteiger partial charge in [-0.2, -0.15) is 0 Å². The van der Waals surface area contributed by atoms with Gasteiger partial charge in [0.2, 0.25) is 0 Å². The molecular formula is C9H11F2NOS. The maximum atomic E-state index is 13.5. The monoisotopic (exact) mass is 219 g/mol. The van der Waals surface area contributed by atoms with Crippen molar-refractivity contribution in [1.29, 1.82) is 0 Å². The first-order chi connectivity index (χ1) is 6.61. The molecule has 0 radical (unpaired) electrons. The van der Waals surface area contributed by atoms with Crippen LogP contribution in [0.4, 0.5) is 8.78 Å². The molecule has 5 heteroatoms. The molecular weight excluding hydrogens is 208 g/mol. The van der Waals surface area contributed by atoms with Gasteiger partial charge in [0.15, 0.2) is 0 Å². The average molecular weight is 219 g/mol. The third-order valence-corrected chi connectivity index (χ3v) is 2.63. The molecule has 0 amide bonds. The summed E-state index contributed by atoms with van der Waals surface area (Å²) in [6.45, 7) is -0.480. The molecule has 0 aliphatic heterocycles. The quantitative estimate of drug-likeness (QED) is 0.760. The fraction of sp³-hybridized carbons (Fsp3) is 0.333. The van der Waals surface area contributed by atoms with Gasteiger partial charge in [-0.1, -0.05) is 0 Å². The molecule has 0 saturated heterocycles. The lowest BCUT2D eigenvalue weighted by Gasteiger charge is -2.12. The standard InChI is InChI=1S/C9H11F2NOS/c1-14-7-3-2-5(10)8(9(7)11)6(12)4-13/h2-3,6,13H,4,12H2,1H3. The summed E-state index contributed by atoms with van der Waals surface area (Å²) in [6, 6.07) is 1.49. The number of hydrogen-bond donors (Lipinski definition) is 2. The van der Waals surface area contributed by atoms with Crippen LogP contribution in [0.2, 0.25) is 0 Å².